The van der Waals surface area contributed by atoms with Gasteiger partial charge < -0.3 is 4.90 Å². The van der Waals surface area contributed by atoms with Gasteiger partial charge in [-0.15, -0.1) is 11.8 Å². The molecule has 1 fully saturated rings. The van der Waals surface area contributed by atoms with Crippen LogP contribution >= 0.6 is 11.8 Å². The van der Waals surface area contributed by atoms with E-state index in [1.807, 2.05) is 0 Å². The van der Waals surface area contributed by atoms with Crippen molar-refractivity contribution in [1.29, 1.82) is 0 Å². The number of hydrogen-bond acceptors (Lipinski definition) is 4. The number of hydrogen-bond donors (Lipinski definition) is 0. The molecule has 1 aliphatic rings. The van der Waals surface area contributed by atoms with Gasteiger partial charge in [0.25, 0.3) is 0 Å². The summed E-state index contributed by atoms with van der Waals surface area (Å²) in [5, 5.41) is 0.952. The van der Waals surface area contributed by atoms with Crippen LogP contribution in [0.2, 0.25) is 0 Å². The van der Waals surface area contributed by atoms with Crippen molar-refractivity contribution in [2.24, 2.45) is 0 Å². The Morgan fingerprint density at radius 2 is 2.00 bits per heavy atom. The van der Waals surface area contributed by atoms with E-state index in [2.05, 4.69) is 9.97 Å². The predicted octanol–water partition coefficient (Wildman–Crippen LogP) is 3.75. The normalized spacial score (nSPS) is 15.5. The number of thioether (sulfide) groups is 1. The monoisotopic (exact) mass is 355 g/mol. The van der Waals surface area contributed by atoms with Gasteiger partial charge in [-0.2, -0.15) is 13.2 Å². The number of halogens is 3. The van der Waals surface area contributed by atoms with Gasteiger partial charge in [-0.1, -0.05) is 18.2 Å². The zero-order valence-electron chi connectivity index (χ0n) is 12.8. The molecule has 0 unspecified atom stereocenters. The third kappa shape index (κ3) is 3.80. The number of carbonyl (C=O) groups excluding carboxylic acids is 1. The molecule has 2 heterocycles. The van der Waals surface area contributed by atoms with E-state index < -0.39 is 12.0 Å². The Kier molecular flexibility index (Phi) is 4.93. The van der Waals surface area contributed by atoms with Crippen molar-refractivity contribution < 1.29 is 18.0 Å². The Morgan fingerprint density at radius 3 is 2.71 bits per heavy atom. The van der Waals surface area contributed by atoms with Crippen molar-refractivity contribution in [2.75, 3.05) is 18.8 Å². The molecule has 1 aromatic carbocycles. The quantitative estimate of drug-likeness (QED) is 0.466. The first kappa shape index (κ1) is 17.0. The van der Waals surface area contributed by atoms with E-state index in [0.717, 1.165) is 19.4 Å². The van der Waals surface area contributed by atoms with E-state index in [1.54, 1.807) is 29.2 Å². The average Bonchev–Trinajstić information content (AvgIpc) is 2.95. The molecular formula is C16H16F3N3OS. The summed E-state index contributed by atoms with van der Waals surface area (Å²) in [6.07, 6.45) is -2.37. The second-order valence-electron chi connectivity index (χ2n) is 5.55. The summed E-state index contributed by atoms with van der Waals surface area (Å²) in [5.41, 5.74) is 0.289. The molecule has 0 radical (unpaired) electrons. The van der Waals surface area contributed by atoms with E-state index in [0.29, 0.717) is 29.1 Å². The summed E-state index contributed by atoms with van der Waals surface area (Å²) < 4.78 is 38.9. The van der Waals surface area contributed by atoms with Crippen molar-refractivity contribution >= 4 is 28.6 Å². The summed E-state index contributed by atoms with van der Waals surface area (Å²) in [6, 6.07) is 6.69. The van der Waals surface area contributed by atoms with Gasteiger partial charge in [0.05, 0.1) is 5.52 Å². The number of aromatic nitrogens is 2. The third-order valence-electron chi connectivity index (χ3n) is 3.80. The predicted molar refractivity (Wildman–Crippen MR) is 85.7 cm³/mol. The number of rotatable bonds is 5. The highest BCUT2D eigenvalue weighted by atomic mass is 32.2. The second-order valence-corrected chi connectivity index (χ2v) is 6.64. The lowest BCUT2D eigenvalue weighted by Gasteiger charge is -2.15. The fourth-order valence-electron chi connectivity index (χ4n) is 2.65. The number of likely N-dealkylation sites (tertiary alicyclic amines) is 1. The van der Waals surface area contributed by atoms with Crippen molar-refractivity contribution in [3.63, 3.8) is 0 Å². The first-order valence-corrected chi connectivity index (χ1v) is 8.68. The molecule has 128 valence electrons. The lowest BCUT2D eigenvalue weighted by Crippen LogP contribution is -2.25. The molecule has 4 nitrogen and oxygen atoms in total. The molecule has 0 bridgehead atoms. The lowest BCUT2D eigenvalue weighted by atomic mass is 10.2. The molecule has 24 heavy (non-hydrogen) atoms. The van der Waals surface area contributed by atoms with E-state index in [1.165, 1.54) is 11.8 Å². The molecule has 1 aromatic heterocycles. The van der Waals surface area contributed by atoms with Gasteiger partial charge in [0.1, 0.15) is 5.03 Å². The fraction of sp³-hybridized carbons (Fsp3) is 0.438. The zero-order chi connectivity index (χ0) is 17.2. The Hall–Kier alpha value is -1.83. The fourth-order valence-corrected chi connectivity index (χ4v) is 3.59. The maximum Gasteiger partial charge on any atom is 0.451 e. The van der Waals surface area contributed by atoms with Gasteiger partial charge >= 0.3 is 6.18 Å². The number of nitrogens with zero attached hydrogens (tertiary/aromatic N) is 3. The van der Waals surface area contributed by atoms with Crippen molar-refractivity contribution in [3.8, 4) is 0 Å². The number of fused-ring (bicyclic) bond motifs is 1. The second kappa shape index (κ2) is 6.96. The molecule has 8 heteroatoms. The van der Waals surface area contributed by atoms with Gasteiger partial charge in [0, 0.05) is 30.6 Å². The summed E-state index contributed by atoms with van der Waals surface area (Å²) >= 11 is 1.28. The molecule has 3 rings (SSSR count). The SMILES string of the molecule is O=C1CCCN1CCCSc1nc(C(F)(F)F)nc2ccccc12. The molecule has 1 amide bonds. The van der Waals surface area contributed by atoms with E-state index in [-0.39, 0.29) is 11.4 Å². The molecule has 0 N–H and O–H groups in total. The van der Waals surface area contributed by atoms with Gasteiger partial charge in [-0.25, -0.2) is 9.97 Å². The van der Waals surface area contributed by atoms with Crippen LogP contribution in [0.5, 0.6) is 0 Å². The third-order valence-corrected chi connectivity index (χ3v) is 4.88. The van der Waals surface area contributed by atoms with Crippen molar-refractivity contribution in [1.82, 2.24) is 14.9 Å². The highest BCUT2D eigenvalue weighted by molar-refractivity contribution is 7.99. The van der Waals surface area contributed by atoms with Crippen LogP contribution in [0.3, 0.4) is 0 Å². The number of para-hydroxylation sites is 1. The van der Waals surface area contributed by atoms with Crippen LogP contribution in [0.4, 0.5) is 13.2 Å². The van der Waals surface area contributed by atoms with Crippen molar-refractivity contribution in [3.05, 3.63) is 30.1 Å². The minimum absolute atomic E-state index is 0.159. The van der Waals surface area contributed by atoms with Gasteiger partial charge in [-0.3, -0.25) is 4.79 Å². The molecule has 0 atom stereocenters. The van der Waals surface area contributed by atoms with Crippen LogP contribution in [0, 0.1) is 0 Å². The van der Waals surface area contributed by atoms with Crippen LogP contribution in [0.15, 0.2) is 29.3 Å². The van der Waals surface area contributed by atoms with Gasteiger partial charge in [0.2, 0.25) is 11.7 Å². The summed E-state index contributed by atoms with van der Waals surface area (Å²) in [7, 11) is 0. The maximum atomic E-state index is 13.0. The molecule has 0 saturated carbocycles. The van der Waals surface area contributed by atoms with E-state index in [9.17, 15) is 18.0 Å². The van der Waals surface area contributed by atoms with Gasteiger partial charge in [0.15, 0.2) is 0 Å². The van der Waals surface area contributed by atoms with E-state index >= 15 is 0 Å². The number of carbonyl (C=O) groups is 1. The Bertz CT molecular complexity index is 751. The molecule has 0 spiro atoms. The Morgan fingerprint density at radius 1 is 1.21 bits per heavy atom. The Balaban J connectivity index is 1.72. The highest BCUT2D eigenvalue weighted by Gasteiger charge is 2.35. The molecule has 2 aromatic rings. The van der Waals surface area contributed by atoms with E-state index in [4.69, 9.17) is 0 Å². The van der Waals surface area contributed by atoms with Crippen LogP contribution in [0.1, 0.15) is 25.1 Å². The number of benzene rings is 1. The first-order chi connectivity index (χ1) is 11.4. The topological polar surface area (TPSA) is 46.1 Å². The van der Waals surface area contributed by atoms with Crippen LogP contribution in [-0.2, 0) is 11.0 Å². The molecule has 0 aliphatic carbocycles. The summed E-state index contributed by atoms with van der Waals surface area (Å²) in [5.74, 6) is -0.354. The highest BCUT2D eigenvalue weighted by Crippen LogP contribution is 2.32. The lowest BCUT2D eigenvalue weighted by molar-refractivity contribution is -0.145. The smallest absolute Gasteiger partial charge is 0.343 e. The minimum atomic E-state index is -4.57. The van der Waals surface area contributed by atoms with Crippen LogP contribution in [-0.4, -0.2) is 39.6 Å². The van der Waals surface area contributed by atoms with Gasteiger partial charge in [-0.05, 0) is 18.9 Å². The number of alkyl halides is 3. The molecule has 1 saturated heterocycles. The largest absolute Gasteiger partial charge is 0.451 e. The summed E-state index contributed by atoms with van der Waals surface area (Å²) in [4.78, 5) is 20.7. The molecular weight excluding hydrogens is 339 g/mol. The van der Waals surface area contributed by atoms with Crippen molar-refractivity contribution in [2.45, 2.75) is 30.5 Å². The standard InChI is InChI=1S/C16H16F3N3OS/c17-16(18,19)15-20-12-6-2-1-5-11(12)14(21-15)24-10-4-9-22-8-3-7-13(22)23/h1-2,5-6H,3-4,7-10H2. The Labute approximate surface area is 141 Å². The first-order valence-electron chi connectivity index (χ1n) is 7.70. The maximum absolute atomic E-state index is 13.0. The molecule has 1 aliphatic heterocycles. The summed E-state index contributed by atoms with van der Waals surface area (Å²) in [6.45, 7) is 1.42. The van der Waals surface area contributed by atoms with Crippen LogP contribution < -0.4 is 0 Å². The number of amides is 1. The zero-order valence-corrected chi connectivity index (χ0v) is 13.7. The average molecular weight is 355 g/mol. The minimum Gasteiger partial charge on any atom is -0.343 e. The van der Waals surface area contributed by atoms with Crippen LogP contribution in [0.25, 0.3) is 10.9 Å².